The Morgan fingerprint density at radius 3 is 2.53 bits per heavy atom. The summed E-state index contributed by atoms with van der Waals surface area (Å²) in [6.45, 7) is 1.84. The number of sulfonamides is 1. The third-order valence-electron chi connectivity index (χ3n) is 5.41. The SMILES string of the molecule is Cc1ccc(NC(=O)C(Cc2ccccc2)NS(=O)(=O)c2ccc3c(c2)oc(=O)n3C)cc1Cl. The summed E-state index contributed by atoms with van der Waals surface area (Å²) >= 11 is 6.16. The van der Waals surface area contributed by atoms with E-state index in [1.54, 1.807) is 18.2 Å². The minimum absolute atomic E-state index is 0.119. The molecule has 176 valence electrons. The van der Waals surface area contributed by atoms with Gasteiger partial charge in [-0.15, -0.1) is 0 Å². The summed E-state index contributed by atoms with van der Waals surface area (Å²) < 4.78 is 35.2. The van der Waals surface area contributed by atoms with Crippen LogP contribution in [0.5, 0.6) is 0 Å². The standard InChI is InChI=1S/C24H22ClN3O5S/c1-15-8-9-17(13-19(15)25)26-23(29)20(12-16-6-4-3-5-7-16)27-34(31,32)18-10-11-21-22(14-18)33-24(30)28(21)2/h3-11,13-14,20,27H,12H2,1-2H3,(H,26,29). The van der Waals surface area contributed by atoms with Gasteiger partial charge in [-0.25, -0.2) is 13.2 Å². The van der Waals surface area contributed by atoms with Crippen molar-refractivity contribution in [1.29, 1.82) is 0 Å². The minimum Gasteiger partial charge on any atom is -0.408 e. The molecule has 8 nitrogen and oxygen atoms in total. The molecular weight excluding hydrogens is 478 g/mol. The lowest BCUT2D eigenvalue weighted by atomic mass is 10.1. The van der Waals surface area contributed by atoms with Gasteiger partial charge in [-0.2, -0.15) is 4.72 Å². The molecule has 10 heteroatoms. The van der Waals surface area contributed by atoms with Gasteiger partial charge in [0.15, 0.2) is 5.58 Å². The topological polar surface area (TPSA) is 110 Å². The number of nitrogens with one attached hydrogen (secondary N) is 2. The maximum Gasteiger partial charge on any atom is 0.419 e. The highest BCUT2D eigenvalue weighted by molar-refractivity contribution is 7.89. The van der Waals surface area contributed by atoms with Crippen molar-refractivity contribution in [1.82, 2.24) is 9.29 Å². The average Bonchev–Trinajstić information content (AvgIpc) is 3.09. The van der Waals surface area contributed by atoms with Crippen LogP contribution in [0.1, 0.15) is 11.1 Å². The number of hydrogen-bond acceptors (Lipinski definition) is 5. The van der Waals surface area contributed by atoms with E-state index in [1.807, 2.05) is 37.3 Å². The number of benzene rings is 3. The molecule has 1 aromatic heterocycles. The molecule has 34 heavy (non-hydrogen) atoms. The lowest BCUT2D eigenvalue weighted by Gasteiger charge is -2.19. The molecule has 1 unspecified atom stereocenters. The number of oxazole rings is 1. The highest BCUT2D eigenvalue weighted by Gasteiger charge is 2.27. The lowest BCUT2D eigenvalue weighted by Crippen LogP contribution is -2.45. The van der Waals surface area contributed by atoms with Gasteiger partial charge in [0.25, 0.3) is 0 Å². The first-order chi connectivity index (χ1) is 16.1. The fourth-order valence-corrected chi connectivity index (χ4v) is 4.87. The van der Waals surface area contributed by atoms with Crippen LogP contribution in [0.15, 0.2) is 80.8 Å². The van der Waals surface area contributed by atoms with E-state index >= 15 is 0 Å². The van der Waals surface area contributed by atoms with Crippen LogP contribution in [0, 0.1) is 6.92 Å². The summed E-state index contributed by atoms with van der Waals surface area (Å²) in [6.07, 6.45) is 0.119. The van der Waals surface area contributed by atoms with Gasteiger partial charge >= 0.3 is 5.76 Å². The molecule has 0 saturated carbocycles. The van der Waals surface area contributed by atoms with Crippen LogP contribution in [0.4, 0.5) is 5.69 Å². The van der Waals surface area contributed by atoms with Gasteiger partial charge in [0.1, 0.15) is 6.04 Å². The van der Waals surface area contributed by atoms with Crippen molar-refractivity contribution >= 4 is 44.3 Å². The highest BCUT2D eigenvalue weighted by Crippen LogP contribution is 2.21. The van der Waals surface area contributed by atoms with E-state index in [9.17, 15) is 18.0 Å². The first-order valence-electron chi connectivity index (χ1n) is 10.4. The fourth-order valence-electron chi connectivity index (χ4n) is 3.47. The summed E-state index contributed by atoms with van der Waals surface area (Å²) in [6, 6.07) is 17.1. The molecule has 4 aromatic rings. The van der Waals surface area contributed by atoms with Crippen LogP contribution < -0.4 is 15.8 Å². The number of amides is 1. The maximum absolute atomic E-state index is 13.2. The van der Waals surface area contributed by atoms with Crippen molar-refractivity contribution in [2.24, 2.45) is 7.05 Å². The zero-order chi connectivity index (χ0) is 24.5. The molecule has 0 fully saturated rings. The zero-order valence-corrected chi connectivity index (χ0v) is 20.0. The van der Waals surface area contributed by atoms with Crippen molar-refractivity contribution in [3.8, 4) is 0 Å². The Balaban J connectivity index is 1.64. The van der Waals surface area contributed by atoms with Crippen LogP contribution in [0.3, 0.4) is 0 Å². The van der Waals surface area contributed by atoms with Gasteiger partial charge in [-0.1, -0.05) is 48.0 Å². The summed E-state index contributed by atoms with van der Waals surface area (Å²) in [5, 5.41) is 3.21. The third kappa shape index (κ3) is 5.06. The number of fused-ring (bicyclic) bond motifs is 1. The quantitative estimate of drug-likeness (QED) is 0.403. The Labute approximate surface area is 201 Å². The number of halogens is 1. The first kappa shape index (κ1) is 23.7. The Bertz CT molecular complexity index is 1530. The molecule has 4 rings (SSSR count). The molecule has 1 heterocycles. The van der Waals surface area contributed by atoms with Gasteiger partial charge < -0.3 is 9.73 Å². The van der Waals surface area contributed by atoms with Gasteiger partial charge in [0.2, 0.25) is 15.9 Å². The Kier molecular flexibility index (Phi) is 6.60. The molecule has 3 aromatic carbocycles. The third-order valence-corrected chi connectivity index (χ3v) is 7.29. The molecule has 0 aliphatic rings. The second-order valence-corrected chi connectivity index (χ2v) is 9.99. The van der Waals surface area contributed by atoms with Crippen molar-refractivity contribution in [3.05, 3.63) is 93.4 Å². The molecule has 0 aliphatic heterocycles. The van der Waals surface area contributed by atoms with Crippen LogP contribution in [-0.4, -0.2) is 24.9 Å². The monoisotopic (exact) mass is 499 g/mol. The molecule has 1 amide bonds. The summed E-state index contributed by atoms with van der Waals surface area (Å²) in [5.74, 6) is -1.14. The molecule has 0 saturated heterocycles. The van der Waals surface area contributed by atoms with Crippen molar-refractivity contribution in [2.45, 2.75) is 24.3 Å². The molecule has 0 radical (unpaired) electrons. The second kappa shape index (κ2) is 9.46. The number of nitrogens with zero attached hydrogens (tertiary/aromatic N) is 1. The smallest absolute Gasteiger partial charge is 0.408 e. The van der Waals surface area contributed by atoms with Crippen LogP contribution in [0.2, 0.25) is 5.02 Å². The molecule has 0 aliphatic carbocycles. The Morgan fingerprint density at radius 1 is 1.09 bits per heavy atom. The zero-order valence-electron chi connectivity index (χ0n) is 18.4. The Hall–Kier alpha value is -3.40. The van der Waals surface area contributed by atoms with Gasteiger partial charge in [0.05, 0.1) is 10.4 Å². The normalized spacial score (nSPS) is 12.6. The number of aromatic nitrogens is 1. The molecule has 0 bridgehead atoms. The molecule has 2 N–H and O–H groups in total. The van der Waals surface area contributed by atoms with Crippen LogP contribution >= 0.6 is 11.6 Å². The largest absolute Gasteiger partial charge is 0.419 e. The van der Waals surface area contributed by atoms with Crippen molar-refractivity contribution < 1.29 is 17.6 Å². The average molecular weight is 500 g/mol. The van der Waals surface area contributed by atoms with Crippen LogP contribution in [-0.2, 0) is 28.3 Å². The predicted octanol–water partition coefficient (Wildman–Crippen LogP) is 3.62. The summed E-state index contributed by atoms with van der Waals surface area (Å²) in [7, 11) is -2.61. The first-order valence-corrected chi connectivity index (χ1v) is 12.2. The number of anilines is 1. The van der Waals surface area contributed by atoms with E-state index in [1.165, 1.54) is 29.8 Å². The Morgan fingerprint density at radius 2 is 1.82 bits per heavy atom. The second-order valence-electron chi connectivity index (χ2n) is 7.87. The fraction of sp³-hybridized carbons (Fsp3) is 0.167. The maximum atomic E-state index is 13.2. The molecule has 1 atom stereocenters. The minimum atomic E-state index is -4.14. The number of hydrogen-bond donors (Lipinski definition) is 2. The van der Waals surface area contributed by atoms with Gasteiger partial charge in [-0.3, -0.25) is 9.36 Å². The highest BCUT2D eigenvalue weighted by atomic mass is 35.5. The number of aryl methyl sites for hydroxylation is 2. The predicted molar refractivity (Wildman–Crippen MR) is 131 cm³/mol. The van der Waals surface area contributed by atoms with E-state index < -0.39 is 27.7 Å². The summed E-state index contributed by atoms with van der Waals surface area (Å²) in [5.41, 5.74) is 2.67. The van der Waals surface area contributed by atoms with E-state index in [0.717, 1.165) is 11.1 Å². The van der Waals surface area contributed by atoms with E-state index in [4.69, 9.17) is 16.0 Å². The number of carbonyl (C=O) groups excluding carboxylic acids is 1. The van der Waals surface area contributed by atoms with Crippen molar-refractivity contribution in [3.63, 3.8) is 0 Å². The number of carbonyl (C=O) groups is 1. The van der Waals surface area contributed by atoms with E-state index in [0.29, 0.717) is 16.2 Å². The van der Waals surface area contributed by atoms with Gasteiger partial charge in [-0.05, 0) is 48.7 Å². The lowest BCUT2D eigenvalue weighted by molar-refractivity contribution is -0.117. The van der Waals surface area contributed by atoms with E-state index in [2.05, 4.69) is 10.0 Å². The number of rotatable bonds is 7. The van der Waals surface area contributed by atoms with Crippen molar-refractivity contribution in [2.75, 3.05) is 5.32 Å². The van der Waals surface area contributed by atoms with Crippen LogP contribution in [0.25, 0.3) is 11.1 Å². The van der Waals surface area contributed by atoms with Gasteiger partial charge in [0, 0.05) is 23.8 Å². The molecular formula is C24H22ClN3O5S. The van der Waals surface area contributed by atoms with E-state index in [-0.39, 0.29) is 16.9 Å². The summed E-state index contributed by atoms with van der Waals surface area (Å²) in [4.78, 5) is 24.8. The molecule has 0 spiro atoms.